The molecule has 3 nitrogen and oxygen atoms in total. The number of pyridine rings is 1. The molecule has 0 saturated carbocycles. The third-order valence-electron chi connectivity index (χ3n) is 3.81. The molecule has 3 heteroatoms. The van der Waals surface area contributed by atoms with Crippen molar-refractivity contribution in [2.75, 3.05) is 0 Å². The first kappa shape index (κ1) is 14.3. The number of para-hydroxylation sites is 1. The maximum Gasteiger partial charge on any atom is 0.0722 e. The molecular formula is C19H16NO2-. The summed E-state index contributed by atoms with van der Waals surface area (Å²) < 4.78 is 0. The van der Waals surface area contributed by atoms with Gasteiger partial charge in [-0.15, -0.1) is 0 Å². The molecule has 0 spiro atoms. The van der Waals surface area contributed by atoms with Crippen molar-refractivity contribution < 1.29 is 9.90 Å². The molecule has 22 heavy (non-hydrogen) atoms. The highest BCUT2D eigenvalue weighted by atomic mass is 16.4. The molecule has 0 fully saturated rings. The van der Waals surface area contributed by atoms with Gasteiger partial charge in [-0.3, -0.25) is 0 Å². The van der Waals surface area contributed by atoms with E-state index in [4.69, 9.17) is 0 Å². The largest absolute Gasteiger partial charge is 0.545 e. The van der Waals surface area contributed by atoms with Gasteiger partial charge in [0.05, 0.1) is 17.2 Å². The number of carboxylic acid groups (broad SMARTS) is 1. The Morgan fingerprint density at radius 3 is 2.36 bits per heavy atom. The Bertz CT molecular complexity index is 836. The number of nitrogens with zero attached hydrogens (tertiary/aromatic N) is 1. The lowest BCUT2D eigenvalue weighted by Crippen LogP contribution is -2.22. The average Bonchev–Trinajstić information content (AvgIpc) is 2.53. The number of hydrogen-bond donors (Lipinski definition) is 0. The van der Waals surface area contributed by atoms with Crippen LogP contribution in [-0.2, 0) is 0 Å². The summed E-state index contributed by atoms with van der Waals surface area (Å²) in [5, 5.41) is 12.0. The lowest BCUT2D eigenvalue weighted by molar-refractivity contribution is -0.254. The van der Waals surface area contributed by atoms with Crippen molar-refractivity contribution in [2.45, 2.75) is 19.8 Å². The van der Waals surface area contributed by atoms with Crippen LogP contribution in [0.4, 0.5) is 0 Å². The summed E-state index contributed by atoms with van der Waals surface area (Å²) in [4.78, 5) is 16.0. The summed E-state index contributed by atoms with van der Waals surface area (Å²) >= 11 is 0. The molecule has 1 heterocycles. The number of rotatable bonds is 3. The van der Waals surface area contributed by atoms with Gasteiger partial charge in [0, 0.05) is 16.5 Å². The molecule has 2 aromatic carbocycles. The van der Waals surface area contributed by atoms with Crippen LogP contribution in [0.5, 0.6) is 0 Å². The summed E-state index contributed by atoms with van der Waals surface area (Å²) in [5.74, 6) is -0.726. The van der Waals surface area contributed by atoms with E-state index in [2.05, 4.69) is 31.0 Å². The molecule has 0 bridgehead atoms. The molecule has 0 aliphatic carbocycles. The van der Waals surface area contributed by atoms with Gasteiger partial charge in [0.15, 0.2) is 0 Å². The average molecular weight is 290 g/mol. The van der Waals surface area contributed by atoms with E-state index in [-0.39, 0.29) is 5.56 Å². The van der Waals surface area contributed by atoms with Crippen LogP contribution in [0, 0.1) is 0 Å². The van der Waals surface area contributed by atoms with Gasteiger partial charge in [0.25, 0.3) is 0 Å². The van der Waals surface area contributed by atoms with E-state index in [0.29, 0.717) is 22.5 Å². The molecule has 0 atom stereocenters. The number of carbonyl (C=O) groups excluding carboxylic acids is 1. The molecule has 110 valence electrons. The van der Waals surface area contributed by atoms with Crippen molar-refractivity contribution in [3.63, 3.8) is 0 Å². The number of benzene rings is 2. The molecule has 0 radical (unpaired) electrons. The van der Waals surface area contributed by atoms with E-state index < -0.39 is 5.97 Å². The summed E-state index contributed by atoms with van der Waals surface area (Å²) in [5.41, 5.74) is 3.62. The van der Waals surface area contributed by atoms with Gasteiger partial charge in [-0.25, -0.2) is 4.98 Å². The van der Waals surface area contributed by atoms with E-state index in [1.165, 1.54) is 5.56 Å². The predicted molar refractivity (Wildman–Crippen MR) is 85.6 cm³/mol. The molecule has 3 rings (SSSR count). The fourth-order valence-electron chi connectivity index (χ4n) is 2.53. The Balaban J connectivity index is 2.16. The van der Waals surface area contributed by atoms with Gasteiger partial charge in [0.1, 0.15) is 0 Å². The quantitative estimate of drug-likeness (QED) is 0.743. The molecule has 3 aromatic rings. The van der Waals surface area contributed by atoms with Crippen LogP contribution < -0.4 is 5.11 Å². The highest BCUT2D eigenvalue weighted by molar-refractivity contribution is 6.02. The van der Waals surface area contributed by atoms with Gasteiger partial charge in [-0.1, -0.05) is 56.3 Å². The summed E-state index contributed by atoms with van der Waals surface area (Å²) in [6, 6.07) is 16.9. The van der Waals surface area contributed by atoms with Crippen molar-refractivity contribution in [3.8, 4) is 11.3 Å². The summed E-state index contributed by atoms with van der Waals surface area (Å²) in [6.07, 6.45) is 0. The van der Waals surface area contributed by atoms with E-state index in [0.717, 1.165) is 5.56 Å². The van der Waals surface area contributed by atoms with Crippen molar-refractivity contribution >= 4 is 16.9 Å². The highest BCUT2D eigenvalue weighted by Gasteiger charge is 2.08. The normalized spacial score (nSPS) is 11.0. The molecule has 0 amide bonds. The smallest absolute Gasteiger partial charge is 0.0722 e. The van der Waals surface area contributed by atoms with Crippen molar-refractivity contribution in [3.05, 3.63) is 65.7 Å². The molecule has 0 aliphatic rings. The van der Waals surface area contributed by atoms with Crippen LogP contribution in [0.3, 0.4) is 0 Å². The Kier molecular flexibility index (Phi) is 3.63. The Labute approximate surface area is 129 Å². The van der Waals surface area contributed by atoms with E-state index >= 15 is 0 Å². The topological polar surface area (TPSA) is 53.0 Å². The minimum absolute atomic E-state index is 0.175. The van der Waals surface area contributed by atoms with Gasteiger partial charge < -0.3 is 9.90 Å². The Morgan fingerprint density at radius 1 is 1.05 bits per heavy atom. The Morgan fingerprint density at radius 2 is 1.73 bits per heavy atom. The van der Waals surface area contributed by atoms with Crippen LogP contribution in [-0.4, -0.2) is 11.0 Å². The van der Waals surface area contributed by atoms with Crippen molar-refractivity contribution in [1.29, 1.82) is 0 Å². The van der Waals surface area contributed by atoms with Gasteiger partial charge >= 0.3 is 0 Å². The first-order chi connectivity index (χ1) is 10.6. The number of carboxylic acids is 1. The third kappa shape index (κ3) is 2.58. The highest BCUT2D eigenvalue weighted by Crippen LogP contribution is 2.26. The minimum atomic E-state index is -1.18. The fourth-order valence-corrected chi connectivity index (χ4v) is 2.53. The molecule has 1 aromatic heterocycles. The first-order valence-corrected chi connectivity index (χ1v) is 7.27. The number of fused-ring (bicyclic) bond motifs is 1. The predicted octanol–water partition coefficient (Wildman–Crippen LogP) is 3.39. The monoisotopic (exact) mass is 290 g/mol. The minimum Gasteiger partial charge on any atom is -0.545 e. The maximum atomic E-state index is 11.4. The van der Waals surface area contributed by atoms with Crippen LogP contribution in [0.15, 0.2) is 54.6 Å². The maximum absolute atomic E-state index is 11.4. The standard InChI is InChI=1S/C19H17NO2/c1-12(2)13-7-9-14(10-8-13)18-11-16(19(21)22)15-5-3-4-6-17(15)20-18/h3-12H,1-2H3,(H,21,22)/p-1. The molecule has 0 N–H and O–H groups in total. The van der Waals surface area contributed by atoms with Crippen LogP contribution in [0.2, 0.25) is 0 Å². The second kappa shape index (κ2) is 5.60. The Hall–Kier alpha value is -2.68. The van der Waals surface area contributed by atoms with Gasteiger partial charge in [-0.05, 0) is 23.6 Å². The molecule has 0 saturated heterocycles. The second-order valence-electron chi connectivity index (χ2n) is 5.64. The van der Waals surface area contributed by atoms with E-state index in [1.807, 2.05) is 24.3 Å². The van der Waals surface area contributed by atoms with Crippen LogP contribution in [0.1, 0.15) is 35.7 Å². The number of aromatic nitrogens is 1. The molecule has 0 aliphatic heterocycles. The van der Waals surface area contributed by atoms with Crippen molar-refractivity contribution in [2.24, 2.45) is 0 Å². The fraction of sp³-hybridized carbons (Fsp3) is 0.158. The molecular weight excluding hydrogens is 274 g/mol. The zero-order chi connectivity index (χ0) is 15.7. The summed E-state index contributed by atoms with van der Waals surface area (Å²) in [6.45, 7) is 4.27. The zero-order valence-electron chi connectivity index (χ0n) is 12.5. The number of aromatic carboxylic acids is 1. The lowest BCUT2D eigenvalue weighted by Gasteiger charge is -2.11. The van der Waals surface area contributed by atoms with E-state index in [1.54, 1.807) is 18.2 Å². The second-order valence-corrected chi connectivity index (χ2v) is 5.64. The lowest BCUT2D eigenvalue weighted by atomic mass is 9.99. The van der Waals surface area contributed by atoms with Crippen LogP contribution in [0.25, 0.3) is 22.2 Å². The van der Waals surface area contributed by atoms with Gasteiger partial charge in [0.2, 0.25) is 0 Å². The zero-order valence-corrected chi connectivity index (χ0v) is 12.5. The van der Waals surface area contributed by atoms with E-state index in [9.17, 15) is 9.90 Å². The number of hydrogen-bond acceptors (Lipinski definition) is 3. The van der Waals surface area contributed by atoms with Gasteiger partial charge in [-0.2, -0.15) is 0 Å². The van der Waals surface area contributed by atoms with Crippen molar-refractivity contribution in [1.82, 2.24) is 4.98 Å². The summed E-state index contributed by atoms with van der Waals surface area (Å²) in [7, 11) is 0. The number of carbonyl (C=O) groups is 1. The third-order valence-corrected chi connectivity index (χ3v) is 3.81. The SMILES string of the molecule is CC(C)c1ccc(-c2cc(C(=O)[O-])c3ccccc3n2)cc1. The van der Waals surface area contributed by atoms with Crippen LogP contribution >= 0.6 is 0 Å². The first-order valence-electron chi connectivity index (χ1n) is 7.27. The molecule has 0 unspecified atom stereocenters.